The SMILES string of the molecule is CCC(=O)N1CCCC(C(=O)Nc2cc(Cl)ccc2Sc2nccn2C)C1. The average Bonchev–Trinajstić information content (AvgIpc) is 3.08. The Bertz CT molecular complexity index is 839. The first-order valence-corrected chi connectivity index (χ1v) is 10.2. The largest absolute Gasteiger partial charge is 0.342 e. The van der Waals surface area contributed by atoms with E-state index < -0.39 is 0 Å². The molecule has 0 radical (unpaired) electrons. The smallest absolute Gasteiger partial charge is 0.229 e. The number of aromatic nitrogens is 2. The fourth-order valence-electron chi connectivity index (χ4n) is 3.11. The van der Waals surface area contributed by atoms with Crippen LogP contribution >= 0.6 is 23.4 Å². The standard InChI is InChI=1S/C19H23ClN4O2S/c1-3-17(25)24-9-4-5-13(12-24)18(26)22-15-11-14(20)6-7-16(15)27-19-21-8-10-23(19)2/h6-8,10-11,13H,3-5,9,12H2,1-2H3,(H,22,26). The number of nitrogens with zero attached hydrogens (tertiary/aromatic N) is 3. The molecule has 2 heterocycles. The lowest BCUT2D eigenvalue weighted by Crippen LogP contribution is -2.43. The van der Waals surface area contributed by atoms with Crippen LogP contribution in [0.2, 0.25) is 5.02 Å². The Labute approximate surface area is 168 Å². The molecule has 1 aromatic heterocycles. The minimum Gasteiger partial charge on any atom is -0.342 e. The Morgan fingerprint density at radius 3 is 2.93 bits per heavy atom. The first-order chi connectivity index (χ1) is 13.0. The lowest BCUT2D eigenvalue weighted by molar-refractivity contribution is -0.134. The number of piperidine rings is 1. The summed E-state index contributed by atoms with van der Waals surface area (Å²) in [6.45, 7) is 3.05. The van der Waals surface area contributed by atoms with E-state index >= 15 is 0 Å². The Kier molecular flexibility index (Phi) is 6.44. The summed E-state index contributed by atoms with van der Waals surface area (Å²) in [6.07, 6.45) is 5.69. The van der Waals surface area contributed by atoms with Gasteiger partial charge in [0.05, 0.1) is 11.6 Å². The van der Waals surface area contributed by atoms with Crippen LogP contribution < -0.4 is 5.32 Å². The zero-order chi connectivity index (χ0) is 19.4. The molecule has 1 N–H and O–H groups in total. The monoisotopic (exact) mass is 406 g/mol. The molecule has 0 aliphatic carbocycles. The van der Waals surface area contributed by atoms with Crippen molar-refractivity contribution in [3.63, 3.8) is 0 Å². The maximum Gasteiger partial charge on any atom is 0.229 e. The van der Waals surface area contributed by atoms with Gasteiger partial charge in [-0.3, -0.25) is 9.59 Å². The molecule has 6 nitrogen and oxygen atoms in total. The van der Waals surface area contributed by atoms with Crippen molar-refractivity contribution in [3.8, 4) is 0 Å². The summed E-state index contributed by atoms with van der Waals surface area (Å²) in [5, 5.41) is 4.39. The number of anilines is 1. The summed E-state index contributed by atoms with van der Waals surface area (Å²) in [6, 6.07) is 5.43. The first-order valence-electron chi connectivity index (χ1n) is 9.01. The lowest BCUT2D eigenvalue weighted by Gasteiger charge is -2.32. The van der Waals surface area contributed by atoms with E-state index in [9.17, 15) is 9.59 Å². The Balaban J connectivity index is 1.74. The van der Waals surface area contributed by atoms with Crippen LogP contribution in [0.15, 0.2) is 40.6 Å². The predicted octanol–water partition coefficient (Wildman–Crippen LogP) is 3.81. The second kappa shape index (κ2) is 8.80. The second-order valence-electron chi connectivity index (χ2n) is 6.58. The third-order valence-corrected chi connectivity index (χ3v) is 6.01. The molecule has 1 fully saturated rings. The topological polar surface area (TPSA) is 67.2 Å². The van der Waals surface area contributed by atoms with Gasteiger partial charge >= 0.3 is 0 Å². The minimum absolute atomic E-state index is 0.0763. The van der Waals surface area contributed by atoms with Crippen LogP contribution in [0.25, 0.3) is 0 Å². The highest BCUT2D eigenvalue weighted by Gasteiger charge is 2.28. The molecule has 0 spiro atoms. The number of carbonyl (C=O) groups excluding carboxylic acids is 2. The number of amides is 2. The molecule has 1 saturated heterocycles. The lowest BCUT2D eigenvalue weighted by atomic mass is 9.96. The number of nitrogens with one attached hydrogen (secondary N) is 1. The average molecular weight is 407 g/mol. The Hall–Kier alpha value is -1.99. The van der Waals surface area contributed by atoms with Crippen LogP contribution in [0.4, 0.5) is 5.69 Å². The van der Waals surface area contributed by atoms with E-state index in [1.54, 1.807) is 23.2 Å². The Morgan fingerprint density at radius 1 is 1.41 bits per heavy atom. The van der Waals surface area contributed by atoms with Crippen LogP contribution in [0.5, 0.6) is 0 Å². The van der Waals surface area contributed by atoms with E-state index in [1.807, 2.05) is 30.8 Å². The molecule has 27 heavy (non-hydrogen) atoms. The Morgan fingerprint density at radius 2 is 2.22 bits per heavy atom. The molecule has 1 aliphatic rings. The maximum atomic E-state index is 12.8. The van der Waals surface area contributed by atoms with E-state index in [4.69, 9.17) is 11.6 Å². The molecule has 2 aromatic rings. The zero-order valence-electron chi connectivity index (χ0n) is 15.4. The molecule has 144 valence electrons. The molecule has 1 atom stereocenters. The number of halogens is 1. The van der Waals surface area contributed by atoms with E-state index in [-0.39, 0.29) is 17.7 Å². The molecule has 0 bridgehead atoms. The van der Waals surface area contributed by atoms with Gasteiger partial charge in [0.15, 0.2) is 5.16 Å². The van der Waals surface area contributed by atoms with Gasteiger partial charge in [-0.25, -0.2) is 4.98 Å². The highest BCUT2D eigenvalue weighted by Crippen LogP contribution is 2.34. The summed E-state index contributed by atoms with van der Waals surface area (Å²) in [4.78, 5) is 31.8. The predicted molar refractivity (Wildman–Crippen MR) is 107 cm³/mol. The highest BCUT2D eigenvalue weighted by atomic mass is 35.5. The van der Waals surface area contributed by atoms with Gasteiger partial charge < -0.3 is 14.8 Å². The number of rotatable bonds is 5. The number of hydrogen-bond acceptors (Lipinski definition) is 4. The van der Waals surface area contributed by atoms with Crippen molar-refractivity contribution in [1.82, 2.24) is 14.5 Å². The maximum absolute atomic E-state index is 12.8. The van der Waals surface area contributed by atoms with Crippen molar-refractivity contribution in [1.29, 1.82) is 0 Å². The minimum atomic E-state index is -0.209. The van der Waals surface area contributed by atoms with Crippen molar-refractivity contribution in [2.75, 3.05) is 18.4 Å². The molecule has 8 heteroatoms. The summed E-state index contributed by atoms with van der Waals surface area (Å²) in [5.74, 6) is -0.187. The van der Waals surface area contributed by atoms with Crippen molar-refractivity contribution in [3.05, 3.63) is 35.6 Å². The van der Waals surface area contributed by atoms with Gasteiger partial charge in [0.25, 0.3) is 0 Å². The van der Waals surface area contributed by atoms with Crippen molar-refractivity contribution in [2.45, 2.75) is 36.2 Å². The number of aryl methyl sites for hydroxylation is 1. The van der Waals surface area contributed by atoms with Crippen LogP contribution in [-0.4, -0.2) is 39.4 Å². The van der Waals surface area contributed by atoms with E-state index in [1.165, 1.54) is 11.8 Å². The highest BCUT2D eigenvalue weighted by molar-refractivity contribution is 7.99. The van der Waals surface area contributed by atoms with Gasteiger partial charge in [-0.15, -0.1) is 0 Å². The molecule has 1 aliphatic heterocycles. The van der Waals surface area contributed by atoms with Crippen LogP contribution in [0.3, 0.4) is 0 Å². The molecule has 0 saturated carbocycles. The fraction of sp³-hybridized carbons (Fsp3) is 0.421. The number of imidazole rings is 1. The summed E-state index contributed by atoms with van der Waals surface area (Å²) < 4.78 is 1.92. The molecule has 1 aromatic carbocycles. The summed E-state index contributed by atoms with van der Waals surface area (Å²) in [5.41, 5.74) is 0.666. The number of likely N-dealkylation sites (tertiary alicyclic amines) is 1. The van der Waals surface area contributed by atoms with Crippen molar-refractivity contribution in [2.24, 2.45) is 13.0 Å². The van der Waals surface area contributed by atoms with Gasteiger partial charge in [-0.1, -0.05) is 18.5 Å². The fourth-order valence-corrected chi connectivity index (χ4v) is 4.16. The van der Waals surface area contributed by atoms with Crippen molar-refractivity contribution >= 4 is 40.9 Å². The van der Waals surface area contributed by atoms with Gasteiger partial charge in [0, 0.05) is 48.9 Å². The summed E-state index contributed by atoms with van der Waals surface area (Å²) in [7, 11) is 1.92. The van der Waals surface area contributed by atoms with E-state index in [0.717, 1.165) is 29.4 Å². The number of hydrogen-bond donors (Lipinski definition) is 1. The van der Waals surface area contributed by atoms with Crippen LogP contribution in [-0.2, 0) is 16.6 Å². The molecule has 2 amide bonds. The van der Waals surface area contributed by atoms with Gasteiger partial charge in [-0.2, -0.15) is 0 Å². The van der Waals surface area contributed by atoms with Gasteiger partial charge in [-0.05, 0) is 42.8 Å². The van der Waals surface area contributed by atoms with E-state index in [0.29, 0.717) is 23.7 Å². The quantitative estimate of drug-likeness (QED) is 0.819. The van der Waals surface area contributed by atoms with Gasteiger partial charge in [0.1, 0.15) is 0 Å². The van der Waals surface area contributed by atoms with Crippen LogP contribution in [0, 0.1) is 5.92 Å². The molecular weight excluding hydrogens is 384 g/mol. The van der Waals surface area contributed by atoms with Crippen molar-refractivity contribution < 1.29 is 9.59 Å². The van der Waals surface area contributed by atoms with Crippen LogP contribution in [0.1, 0.15) is 26.2 Å². The zero-order valence-corrected chi connectivity index (χ0v) is 17.0. The number of carbonyl (C=O) groups is 2. The third-order valence-electron chi connectivity index (χ3n) is 4.63. The van der Waals surface area contributed by atoms with Gasteiger partial charge in [0.2, 0.25) is 11.8 Å². The van der Waals surface area contributed by atoms with E-state index in [2.05, 4.69) is 10.3 Å². The molecule has 1 unspecified atom stereocenters. The third kappa shape index (κ3) is 4.84. The number of benzene rings is 1. The summed E-state index contributed by atoms with van der Waals surface area (Å²) >= 11 is 7.62. The normalized spacial score (nSPS) is 17.0. The molecule has 3 rings (SSSR count). The second-order valence-corrected chi connectivity index (χ2v) is 8.03. The first kappa shape index (κ1) is 19.8. The molecular formula is C19H23ClN4O2S.